The van der Waals surface area contributed by atoms with Gasteiger partial charge in [0.15, 0.2) is 15.0 Å². The molecular weight excluding hydrogens is 584 g/mol. The molecule has 2 heterocycles. The van der Waals surface area contributed by atoms with Gasteiger partial charge in [-0.25, -0.2) is 5.01 Å². The second-order valence-corrected chi connectivity index (χ2v) is 13.6. The van der Waals surface area contributed by atoms with Crippen molar-refractivity contribution in [3.63, 3.8) is 0 Å². The lowest BCUT2D eigenvalue weighted by Crippen LogP contribution is -2.34. The summed E-state index contributed by atoms with van der Waals surface area (Å²) in [6.07, 6.45) is 1.99. The number of hydrogen-bond acceptors (Lipinski definition) is 5. The molecular formula is C33H29BrN2OS2. The minimum Gasteiger partial charge on any atom is -0.292 e. The van der Waals surface area contributed by atoms with Crippen molar-refractivity contribution in [2.45, 2.75) is 42.6 Å². The van der Waals surface area contributed by atoms with Crippen LogP contribution in [0.1, 0.15) is 54.2 Å². The largest absolute Gasteiger partial charge is 0.292 e. The minimum atomic E-state index is -0.654. The van der Waals surface area contributed by atoms with Crippen LogP contribution < -0.4 is 5.01 Å². The number of Topliss-reactive ketones (excluding diaryl/α,β-unsaturated/α-hetero) is 1. The molecule has 2 aliphatic heterocycles. The van der Waals surface area contributed by atoms with E-state index in [1.165, 1.54) is 33.4 Å². The Morgan fingerprint density at radius 2 is 1.33 bits per heavy atom. The number of thioether (sulfide) groups is 2. The molecule has 1 atom stereocenters. The molecule has 0 saturated heterocycles. The van der Waals surface area contributed by atoms with Crippen LogP contribution in [0.3, 0.4) is 0 Å². The number of ketones is 1. The number of hydrogen-bond donors (Lipinski definition) is 0. The topological polar surface area (TPSA) is 32.7 Å². The predicted molar refractivity (Wildman–Crippen MR) is 170 cm³/mol. The molecule has 0 aliphatic carbocycles. The van der Waals surface area contributed by atoms with E-state index in [1.807, 2.05) is 23.9 Å². The Bertz CT molecular complexity index is 1520. The fraction of sp³-hybridized carbons (Fsp3) is 0.212. The second-order valence-electron chi connectivity index (χ2n) is 9.86. The Morgan fingerprint density at radius 3 is 1.85 bits per heavy atom. The van der Waals surface area contributed by atoms with Gasteiger partial charge in [-0.3, -0.25) is 4.79 Å². The SMILES string of the molecule is CCc1ccc(C2(c3ccc(CC)cc3)S[C@@]3(SC(C(C)=O)=NN3c3ccc(Br)cc3)c3ccccc32)cc1. The van der Waals surface area contributed by atoms with Gasteiger partial charge in [0.05, 0.1) is 10.4 Å². The number of carbonyl (C=O) groups is 1. The van der Waals surface area contributed by atoms with Crippen LogP contribution in [0, 0.1) is 0 Å². The lowest BCUT2D eigenvalue weighted by Gasteiger charge is -2.37. The number of anilines is 1. The number of halogens is 1. The summed E-state index contributed by atoms with van der Waals surface area (Å²) in [5, 5.41) is 7.55. The lowest BCUT2D eigenvalue weighted by molar-refractivity contribution is -0.110. The van der Waals surface area contributed by atoms with E-state index in [-0.39, 0.29) is 5.78 Å². The van der Waals surface area contributed by atoms with Crippen LogP contribution in [-0.2, 0) is 26.6 Å². The van der Waals surface area contributed by atoms with E-state index in [1.54, 1.807) is 18.7 Å². The molecule has 0 fully saturated rings. The number of carbonyl (C=O) groups excluding carboxylic acids is 1. The van der Waals surface area contributed by atoms with Crippen LogP contribution in [0.25, 0.3) is 0 Å². The summed E-state index contributed by atoms with van der Waals surface area (Å²) >= 11 is 7.01. The van der Waals surface area contributed by atoms with E-state index < -0.39 is 8.95 Å². The zero-order valence-corrected chi connectivity index (χ0v) is 25.4. The van der Waals surface area contributed by atoms with Gasteiger partial charge in [0, 0.05) is 17.0 Å². The molecule has 0 aromatic heterocycles. The molecule has 0 bridgehead atoms. The molecule has 6 heteroatoms. The molecule has 196 valence electrons. The first kappa shape index (κ1) is 26.4. The third kappa shape index (κ3) is 4.28. The molecule has 0 radical (unpaired) electrons. The van der Waals surface area contributed by atoms with Crippen molar-refractivity contribution < 1.29 is 4.79 Å². The van der Waals surface area contributed by atoms with E-state index in [9.17, 15) is 4.79 Å². The first-order chi connectivity index (χ1) is 18.9. The molecule has 2 aliphatic rings. The number of nitrogens with zero attached hydrogens (tertiary/aromatic N) is 2. The normalized spacial score (nSPS) is 19.3. The van der Waals surface area contributed by atoms with Crippen LogP contribution in [0.2, 0.25) is 0 Å². The molecule has 0 amide bonds. The molecule has 1 spiro atoms. The van der Waals surface area contributed by atoms with E-state index in [4.69, 9.17) is 5.10 Å². The maximum atomic E-state index is 12.8. The highest BCUT2D eigenvalue weighted by atomic mass is 79.9. The quantitative estimate of drug-likeness (QED) is 0.218. The molecule has 0 saturated carbocycles. The monoisotopic (exact) mass is 612 g/mol. The van der Waals surface area contributed by atoms with E-state index in [0.29, 0.717) is 5.04 Å². The summed E-state index contributed by atoms with van der Waals surface area (Å²) in [6, 6.07) is 35.0. The maximum Gasteiger partial charge on any atom is 0.187 e. The van der Waals surface area contributed by atoms with Gasteiger partial charge >= 0.3 is 0 Å². The van der Waals surface area contributed by atoms with Gasteiger partial charge < -0.3 is 0 Å². The summed E-state index contributed by atoms with van der Waals surface area (Å²) < 4.78 is -0.140. The zero-order valence-electron chi connectivity index (χ0n) is 22.1. The van der Waals surface area contributed by atoms with Crippen molar-refractivity contribution in [1.82, 2.24) is 0 Å². The Labute approximate surface area is 247 Å². The van der Waals surface area contributed by atoms with Gasteiger partial charge in [0.1, 0.15) is 0 Å². The number of rotatable bonds is 6. The van der Waals surface area contributed by atoms with E-state index in [2.05, 4.69) is 120 Å². The van der Waals surface area contributed by atoms with Crippen molar-refractivity contribution in [3.05, 3.63) is 135 Å². The van der Waals surface area contributed by atoms with Crippen LogP contribution >= 0.6 is 39.5 Å². The van der Waals surface area contributed by atoms with E-state index in [0.717, 1.165) is 23.0 Å². The van der Waals surface area contributed by atoms with E-state index >= 15 is 0 Å². The van der Waals surface area contributed by atoms with Gasteiger partial charge in [-0.15, -0.1) is 0 Å². The molecule has 39 heavy (non-hydrogen) atoms. The van der Waals surface area contributed by atoms with Crippen molar-refractivity contribution >= 4 is 56.0 Å². The van der Waals surface area contributed by atoms with Crippen LogP contribution in [0.4, 0.5) is 5.69 Å². The third-order valence-corrected chi connectivity index (χ3v) is 11.5. The number of aryl methyl sites for hydroxylation is 2. The Balaban J connectivity index is 1.63. The summed E-state index contributed by atoms with van der Waals surface area (Å²) in [5.74, 6) is -0.0193. The average Bonchev–Trinajstić information content (AvgIpc) is 3.51. The van der Waals surface area contributed by atoms with Crippen LogP contribution in [0.5, 0.6) is 0 Å². The molecule has 4 aromatic carbocycles. The van der Waals surface area contributed by atoms with Crippen molar-refractivity contribution in [2.75, 3.05) is 5.01 Å². The number of fused-ring (bicyclic) bond motifs is 2. The Kier molecular flexibility index (Phi) is 6.98. The van der Waals surface area contributed by atoms with Gasteiger partial charge in [-0.1, -0.05) is 126 Å². The Morgan fingerprint density at radius 1 is 0.795 bits per heavy atom. The molecule has 0 N–H and O–H groups in total. The predicted octanol–water partition coefficient (Wildman–Crippen LogP) is 8.88. The van der Waals surface area contributed by atoms with Gasteiger partial charge in [0.2, 0.25) is 0 Å². The summed E-state index contributed by atoms with van der Waals surface area (Å²) in [6.45, 7) is 5.99. The van der Waals surface area contributed by atoms with Crippen molar-refractivity contribution in [1.29, 1.82) is 0 Å². The van der Waals surface area contributed by atoms with Crippen molar-refractivity contribution in [2.24, 2.45) is 5.10 Å². The van der Waals surface area contributed by atoms with Crippen molar-refractivity contribution in [3.8, 4) is 0 Å². The highest BCUT2D eigenvalue weighted by Crippen LogP contribution is 2.70. The van der Waals surface area contributed by atoms with Crippen LogP contribution in [-0.4, -0.2) is 10.8 Å². The Hall–Kier alpha value is -2.80. The highest BCUT2D eigenvalue weighted by molar-refractivity contribution is 9.10. The molecule has 4 aromatic rings. The first-order valence-corrected chi connectivity index (χ1v) is 15.7. The lowest BCUT2D eigenvalue weighted by atomic mass is 9.81. The highest BCUT2D eigenvalue weighted by Gasteiger charge is 2.61. The molecule has 3 nitrogen and oxygen atoms in total. The number of benzene rings is 4. The van der Waals surface area contributed by atoms with Gasteiger partial charge in [-0.2, -0.15) is 5.10 Å². The molecule has 6 rings (SSSR count). The maximum absolute atomic E-state index is 12.8. The summed E-state index contributed by atoms with van der Waals surface area (Å²) in [5.41, 5.74) is 8.44. The minimum absolute atomic E-state index is 0.0193. The average molecular weight is 614 g/mol. The second kappa shape index (κ2) is 10.3. The molecule has 0 unspecified atom stereocenters. The number of hydrazone groups is 1. The standard InChI is InChI=1S/C33H29BrN2OS2/c1-4-23-10-14-25(15-11-23)32(26-16-12-24(5-2)13-17-26)29-8-6-7-9-30(29)33(39-32)36(35-31(38-33)22(3)37)28-20-18-27(34)19-21-28/h6-21H,4-5H2,1-3H3/t33-/m0/s1. The van der Waals surface area contributed by atoms with Gasteiger partial charge in [-0.05, 0) is 64.9 Å². The van der Waals surface area contributed by atoms with Crippen LogP contribution in [0.15, 0.2) is 107 Å². The summed E-state index contributed by atoms with van der Waals surface area (Å²) in [4.78, 5) is 12.8. The summed E-state index contributed by atoms with van der Waals surface area (Å²) in [7, 11) is 0. The fourth-order valence-corrected chi connectivity index (χ4v) is 9.29. The first-order valence-electron chi connectivity index (χ1n) is 13.2. The zero-order chi connectivity index (χ0) is 27.2. The smallest absolute Gasteiger partial charge is 0.187 e. The van der Waals surface area contributed by atoms with Gasteiger partial charge in [0.25, 0.3) is 0 Å². The fourth-order valence-electron chi connectivity index (χ4n) is 5.47. The third-order valence-electron chi connectivity index (χ3n) is 7.55.